The Hall–Kier alpha value is -2.87. The lowest BCUT2D eigenvalue weighted by molar-refractivity contribution is 0.601. The van der Waals surface area contributed by atoms with Crippen LogP contribution in [-0.2, 0) is 30.5 Å². The Kier molecular flexibility index (Phi) is 4.45. The van der Waals surface area contributed by atoms with Crippen LogP contribution in [-0.4, -0.2) is 17.6 Å². The number of sulfonamides is 1. The normalized spacial score (nSPS) is 11.7. The molecule has 0 atom stereocenters. The first-order chi connectivity index (χ1) is 12.2. The molecule has 0 aliphatic carbocycles. The van der Waals surface area contributed by atoms with Gasteiger partial charge in [0.15, 0.2) is 0 Å². The van der Waals surface area contributed by atoms with Gasteiger partial charge in [-0.15, -0.1) is 0 Å². The molecule has 0 radical (unpaired) electrons. The van der Waals surface area contributed by atoms with Crippen LogP contribution in [0.2, 0.25) is 0 Å². The smallest absolute Gasteiger partial charge is 0.296 e. The molecular formula is C18H19N3O4S. The van der Waals surface area contributed by atoms with Crippen LogP contribution >= 0.6 is 0 Å². The molecule has 8 heteroatoms. The molecule has 0 aliphatic rings. The highest BCUT2D eigenvalue weighted by atomic mass is 32.2. The van der Waals surface area contributed by atoms with E-state index >= 15 is 0 Å². The number of hydrogen-bond donors (Lipinski definition) is 1. The molecule has 7 nitrogen and oxygen atoms in total. The van der Waals surface area contributed by atoms with Gasteiger partial charge in [-0.3, -0.25) is 18.7 Å². The molecule has 0 bridgehead atoms. The van der Waals surface area contributed by atoms with Crippen LogP contribution in [0.1, 0.15) is 12.5 Å². The lowest BCUT2D eigenvalue weighted by Crippen LogP contribution is -2.37. The molecule has 0 saturated heterocycles. The van der Waals surface area contributed by atoms with Gasteiger partial charge in [0.25, 0.3) is 15.6 Å². The maximum Gasteiger partial charge on any atom is 0.330 e. The van der Waals surface area contributed by atoms with Gasteiger partial charge in [-0.1, -0.05) is 19.1 Å². The topological polar surface area (TPSA) is 90.2 Å². The maximum absolute atomic E-state index is 12.7. The Morgan fingerprint density at radius 1 is 0.962 bits per heavy atom. The van der Waals surface area contributed by atoms with E-state index in [0.29, 0.717) is 11.2 Å². The number of nitrogens with zero attached hydrogens (tertiary/aromatic N) is 2. The molecule has 0 amide bonds. The average molecular weight is 373 g/mol. The van der Waals surface area contributed by atoms with E-state index in [1.165, 1.54) is 36.9 Å². The third-order valence-corrected chi connectivity index (χ3v) is 5.74. The van der Waals surface area contributed by atoms with Crippen LogP contribution in [0.15, 0.2) is 56.9 Å². The fraction of sp³-hybridized carbons (Fsp3) is 0.222. The van der Waals surface area contributed by atoms with Crippen molar-refractivity contribution in [3.8, 4) is 0 Å². The molecule has 0 saturated carbocycles. The summed E-state index contributed by atoms with van der Waals surface area (Å²) in [5, 5.41) is 0.166. The monoisotopic (exact) mass is 373 g/mol. The summed E-state index contributed by atoms with van der Waals surface area (Å²) < 4.78 is 30.1. The Morgan fingerprint density at radius 2 is 1.62 bits per heavy atom. The maximum atomic E-state index is 12.7. The van der Waals surface area contributed by atoms with Crippen molar-refractivity contribution in [2.75, 3.05) is 4.72 Å². The van der Waals surface area contributed by atoms with Crippen LogP contribution < -0.4 is 16.0 Å². The molecular weight excluding hydrogens is 354 g/mol. The first-order valence-electron chi connectivity index (χ1n) is 8.06. The van der Waals surface area contributed by atoms with Crippen molar-refractivity contribution in [1.29, 1.82) is 0 Å². The first-order valence-corrected chi connectivity index (χ1v) is 9.54. The lowest BCUT2D eigenvalue weighted by atomic mass is 10.2. The van der Waals surface area contributed by atoms with Gasteiger partial charge in [0.05, 0.1) is 15.8 Å². The summed E-state index contributed by atoms with van der Waals surface area (Å²) in [6.07, 6.45) is 0.861. The second kappa shape index (κ2) is 6.45. The fourth-order valence-electron chi connectivity index (χ4n) is 2.76. The zero-order valence-electron chi connectivity index (χ0n) is 14.7. The SMILES string of the molecule is CCc1ccc(NS(=O)(=O)c2ccc3c(c2)c(=O)n(C)c(=O)n3C)cc1. The summed E-state index contributed by atoms with van der Waals surface area (Å²) in [7, 11) is -0.969. The van der Waals surface area contributed by atoms with Crippen molar-refractivity contribution in [2.45, 2.75) is 18.2 Å². The minimum atomic E-state index is -3.86. The van der Waals surface area contributed by atoms with E-state index < -0.39 is 21.3 Å². The van der Waals surface area contributed by atoms with Crippen molar-refractivity contribution in [3.05, 3.63) is 68.9 Å². The van der Waals surface area contributed by atoms with Crippen LogP contribution in [0.3, 0.4) is 0 Å². The first kappa shape index (κ1) is 17.9. The van der Waals surface area contributed by atoms with Crippen molar-refractivity contribution in [1.82, 2.24) is 9.13 Å². The number of aromatic nitrogens is 2. The van der Waals surface area contributed by atoms with E-state index in [1.807, 2.05) is 19.1 Å². The molecule has 1 aromatic heterocycles. The van der Waals surface area contributed by atoms with Crippen molar-refractivity contribution < 1.29 is 8.42 Å². The number of aryl methyl sites for hydroxylation is 2. The lowest BCUT2D eigenvalue weighted by Gasteiger charge is -2.11. The van der Waals surface area contributed by atoms with Gasteiger partial charge in [-0.05, 0) is 42.3 Å². The molecule has 0 unspecified atom stereocenters. The molecule has 136 valence electrons. The van der Waals surface area contributed by atoms with Gasteiger partial charge in [-0.25, -0.2) is 13.2 Å². The van der Waals surface area contributed by atoms with Gasteiger partial charge in [0, 0.05) is 19.8 Å². The Balaban J connectivity index is 2.09. The number of hydrogen-bond acceptors (Lipinski definition) is 4. The minimum absolute atomic E-state index is 0.0414. The van der Waals surface area contributed by atoms with Gasteiger partial charge in [0.2, 0.25) is 0 Å². The van der Waals surface area contributed by atoms with E-state index in [0.717, 1.165) is 16.6 Å². The number of anilines is 1. The Bertz CT molecular complexity index is 1210. The average Bonchev–Trinajstić information content (AvgIpc) is 2.64. The summed E-state index contributed by atoms with van der Waals surface area (Å²) >= 11 is 0. The summed E-state index contributed by atoms with van der Waals surface area (Å²) in [6, 6.07) is 11.2. The number of nitrogens with one attached hydrogen (secondary N) is 1. The van der Waals surface area contributed by atoms with E-state index in [9.17, 15) is 18.0 Å². The molecule has 3 rings (SSSR count). The van der Waals surface area contributed by atoms with Gasteiger partial charge in [0.1, 0.15) is 0 Å². The second-order valence-corrected chi connectivity index (χ2v) is 7.72. The second-order valence-electron chi connectivity index (χ2n) is 6.04. The predicted molar refractivity (Wildman–Crippen MR) is 101 cm³/mol. The Morgan fingerprint density at radius 3 is 2.23 bits per heavy atom. The quantitative estimate of drug-likeness (QED) is 0.752. The third-order valence-electron chi connectivity index (χ3n) is 4.36. The zero-order valence-corrected chi connectivity index (χ0v) is 15.5. The molecule has 3 aromatic rings. The molecule has 1 heterocycles. The highest BCUT2D eigenvalue weighted by molar-refractivity contribution is 7.92. The molecule has 1 N–H and O–H groups in total. The number of rotatable bonds is 4. The van der Waals surface area contributed by atoms with E-state index in [1.54, 1.807) is 12.1 Å². The van der Waals surface area contributed by atoms with Crippen LogP contribution in [0.4, 0.5) is 5.69 Å². The largest absolute Gasteiger partial charge is 0.330 e. The summed E-state index contributed by atoms with van der Waals surface area (Å²) in [4.78, 5) is 24.3. The third kappa shape index (κ3) is 3.03. The highest BCUT2D eigenvalue weighted by Crippen LogP contribution is 2.19. The van der Waals surface area contributed by atoms with Gasteiger partial charge < -0.3 is 0 Å². The molecule has 2 aromatic carbocycles. The van der Waals surface area contributed by atoms with Gasteiger partial charge >= 0.3 is 5.69 Å². The van der Waals surface area contributed by atoms with Crippen LogP contribution in [0.25, 0.3) is 10.9 Å². The highest BCUT2D eigenvalue weighted by Gasteiger charge is 2.17. The summed E-state index contributed by atoms with van der Waals surface area (Å²) in [5.74, 6) is 0. The summed E-state index contributed by atoms with van der Waals surface area (Å²) in [6.45, 7) is 2.02. The van der Waals surface area contributed by atoms with Crippen LogP contribution in [0.5, 0.6) is 0 Å². The van der Waals surface area contributed by atoms with Crippen molar-refractivity contribution in [2.24, 2.45) is 14.1 Å². The van der Waals surface area contributed by atoms with Gasteiger partial charge in [-0.2, -0.15) is 0 Å². The number of fused-ring (bicyclic) bond motifs is 1. The van der Waals surface area contributed by atoms with E-state index in [4.69, 9.17) is 0 Å². The van der Waals surface area contributed by atoms with Crippen LogP contribution in [0, 0.1) is 0 Å². The minimum Gasteiger partial charge on any atom is -0.296 e. The fourth-order valence-corrected chi connectivity index (χ4v) is 3.85. The summed E-state index contributed by atoms with van der Waals surface area (Å²) in [5.41, 5.74) is 0.919. The molecule has 0 spiro atoms. The van der Waals surface area contributed by atoms with E-state index in [-0.39, 0.29) is 10.3 Å². The van der Waals surface area contributed by atoms with Crippen molar-refractivity contribution in [3.63, 3.8) is 0 Å². The van der Waals surface area contributed by atoms with Crippen molar-refractivity contribution >= 4 is 26.6 Å². The standard InChI is InChI=1S/C18H19N3O4S/c1-4-12-5-7-13(8-6-12)19-26(24,25)14-9-10-16-15(11-14)17(22)21(3)18(23)20(16)2/h5-11,19H,4H2,1-3H3. The Labute approximate surface area is 150 Å². The zero-order chi connectivity index (χ0) is 19.1. The number of benzene rings is 2. The molecule has 26 heavy (non-hydrogen) atoms. The molecule has 0 aliphatic heterocycles. The van der Waals surface area contributed by atoms with E-state index in [2.05, 4.69) is 4.72 Å². The molecule has 0 fully saturated rings. The predicted octanol–water partition coefficient (Wildman–Crippen LogP) is 1.60.